The van der Waals surface area contributed by atoms with E-state index in [1.165, 1.54) is 36.7 Å². The minimum Gasteiger partial charge on any atom is -0.505 e. The van der Waals surface area contributed by atoms with Crippen molar-refractivity contribution in [2.24, 2.45) is 0 Å². The molecule has 0 radical (unpaired) electrons. The van der Waals surface area contributed by atoms with Crippen LogP contribution in [0.2, 0.25) is 0 Å². The Morgan fingerprint density at radius 3 is 2.10 bits per heavy atom. The summed E-state index contributed by atoms with van der Waals surface area (Å²) in [4.78, 5) is 43.4. The first-order valence-electron chi connectivity index (χ1n) is 8.22. The smallest absolute Gasteiger partial charge is 0.378 e. The van der Waals surface area contributed by atoms with Crippen LogP contribution in [0.15, 0.2) is 60.6 Å². The number of carbonyl (C=O) groups is 3. The zero-order valence-corrected chi connectivity index (χ0v) is 14.9. The van der Waals surface area contributed by atoms with Crippen molar-refractivity contribution in [3.63, 3.8) is 0 Å². The number of cyclic esters (lactones) is 1. The Kier molecular flexibility index (Phi) is 5.62. The molecule has 0 aliphatic carbocycles. The number of esters is 3. The van der Waals surface area contributed by atoms with E-state index in [1.54, 1.807) is 0 Å². The maximum absolute atomic E-state index is 12.4. The van der Waals surface area contributed by atoms with Crippen LogP contribution < -0.4 is 0 Å². The van der Waals surface area contributed by atoms with Crippen LogP contribution in [0.4, 0.5) is 0 Å². The summed E-state index contributed by atoms with van der Waals surface area (Å²) in [6.45, 7) is 0. The van der Waals surface area contributed by atoms with Crippen molar-refractivity contribution in [3.8, 4) is 0 Å². The second-order valence-electron chi connectivity index (χ2n) is 5.90. The number of aromatic nitrogens is 2. The van der Waals surface area contributed by atoms with Crippen LogP contribution in [-0.4, -0.2) is 66.5 Å². The number of carbonyl (C=O) groups excluding carboxylic acids is 3. The van der Waals surface area contributed by atoms with E-state index in [-0.39, 0.29) is 11.1 Å². The summed E-state index contributed by atoms with van der Waals surface area (Å²) in [6.07, 6.45) is -0.111. The van der Waals surface area contributed by atoms with Gasteiger partial charge in [-0.25, -0.2) is 14.4 Å². The zero-order valence-electron chi connectivity index (χ0n) is 14.9. The molecule has 2 aromatic heterocycles. The van der Waals surface area contributed by atoms with Crippen LogP contribution in [-0.2, 0) is 19.0 Å². The Bertz CT molecular complexity index is 995. The summed E-state index contributed by atoms with van der Waals surface area (Å²) in [5.74, 6) is -9.82. The van der Waals surface area contributed by atoms with Crippen molar-refractivity contribution < 1.29 is 49.0 Å². The molecule has 1 aliphatic heterocycles. The molecule has 0 saturated carbocycles. The topological polar surface area (TPSA) is 186 Å². The van der Waals surface area contributed by atoms with Gasteiger partial charge >= 0.3 is 23.7 Å². The molecule has 30 heavy (non-hydrogen) atoms. The highest BCUT2D eigenvalue weighted by Gasteiger charge is 2.58. The van der Waals surface area contributed by atoms with Crippen molar-refractivity contribution in [1.82, 2.24) is 9.97 Å². The Hall–Kier alpha value is -4.03. The van der Waals surface area contributed by atoms with Gasteiger partial charge in [-0.15, -0.1) is 0 Å². The zero-order chi connectivity index (χ0) is 21.9. The predicted octanol–water partition coefficient (Wildman–Crippen LogP) is -0.250. The molecule has 2 aromatic rings. The number of rotatable bonds is 6. The molecular weight excluding hydrogens is 404 g/mol. The number of aliphatic hydroxyl groups is 4. The van der Waals surface area contributed by atoms with Gasteiger partial charge in [0.1, 0.15) is 0 Å². The van der Waals surface area contributed by atoms with Crippen molar-refractivity contribution in [2.45, 2.75) is 18.2 Å². The molecule has 3 rings (SSSR count). The fourth-order valence-corrected chi connectivity index (χ4v) is 2.39. The number of ether oxygens (including phenoxy) is 3. The second-order valence-corrected chi connectivity index (χ2v) is 5.90. The number of pyridine rings is 2. The third-order valence-electron chi connectivity index (χ3n) is 3.91. The van der Waals surface area contributed by atoms with Crippen LogP contribution in [0.1, 0.15) is 20.7 Å². The van der Waals surface area contributed by atoms with Gasteiger partial charge in [0.15, 0.2) is 5.76 Å². The van der Waals surface area contributed by atoms with Crippen molar-refractivity contribution in [3.05, 3.63) is 71.7 Å². The Morgan fingerprint density at radius 1 is 1.07 bits per heavy atom. The number of nitrogens with zero attached hydrogens (tertiary/aromatic N) is 2. The maximum Gasteiger partial charge on any atom is 0.378 e. The summed E-state index contributed by atoms with van der Waals surface area (Å²) in [5.41, 5.74) is -0.331. The second kappa shape index (κ2) is 8.14. The lowest BCUT2D eigenvalue weighted by Crippen LogP contribution is -2.57. The molecule has 12 nitrogen and oxygen atoms in total. The molecule has 0 aromatic carbocycles. The Labute approximate surface area is 167 Å². The molecule has 0 saturated heterocycles. The Morgan fingerprint density at radius 2 is 1.63 bits per heavy atom. The minimum atomic E-state index is -3.34. The highest BCUT2D eigenvalue weighted by Crippen LogP contribution is 2.33. The summed E-state index contributed by atoms with van der Waals surface area (Å²) in [6, 6.07) is 5.29. The van der Waals surface area contributed by atoms with Gasteiger partial charge in [-0.2, -0.15) is 0 Å². The van der Waals surface area contributed by atoms with Crippen LogP contribution in [0, 0.1) is 0 Å². The first-order chi connectivity index (χ1) is 14.2. The summed E-state index contributed by atoms with van der Waals surface area (Å²) in [5, 5.41) is 40.6. The highest BCUT2D eigenvalue weighted by atomic mass is 16.7. The van der Waals surface area contributed by atoms with E-state index in [0.717, 1.165) is 12.4 Å². The van der Waals surface area contributed by atoms with Gasteiger partial charge in [-0.05, 0) is 24.3 Å². The maximum atomic E-state index is 12.4. The van der Waals surface area contributed by atoms with E-state index in [2.05, 4.69) is 14.7 Å². The lowest BCUT2D eigenvalue weighted by atomic mass is 10.1. The van der Waals surface area contributed by atoms with Gasteiger partial charge < -0.3 is 34.6 Å². The molecule has 156 valence electrons. The lowest BCUT2D eigenvalue weighted by Gasteiger charge is -2.34. The molecule has 3 atom stereocenters. The van der Waals surface area contributed by atoms with E-state index in [1.807, 2.05) is 0 Å². The normalized spacial score (nSPS) is 18.9. The quantitative estimate of drug-likeness (QED) is 0.274. The molecule has 0 fully saturated rings. The molecule has 1 unspecified atom stereocenters. The molecule has 0 spiro atoms. The van der Waals surface area contributed by atoms with Crippen molar-refractivity contribution in [2.75, 3.05) is 0 Å². The average molecular weight is 418 g/mol. The third kappa shape index (κ3) is 3.90. The molecule has 1 aliphatic rings. The number of hydrogen-bond donors (Lipinski definition) is 4. The van der Waals surface area contributed by atoms with Gasteiger partial charge in [0.05, 0.1) is 11.1 Å². The number of hydrogen-bond acceptors (Lipinski definition) is 12. The summed E-state index contributed by atoms with van der Waals surface area (Å²) >= 11 is 0. The summed E-state index contributed by atoms with van der Waals surface area (Å²) in [7, 11) is 0. The molecule has 4 N–H and O–H groups in total. The van der Waals surface area contributed by atoms with E-state index < -0.39 is 47.6 Å². The molecule has 12 heteroatoms. The van der Waals surface area contributed by atoms with Gasteiger partial charge in [0.25, 0.3) is 6.29 Å². The van der Waals surface area contributed by atoms with E-state index >= 15 is 0 Å². The van der Waals surface area contributed by atoms with Gasteiger partial charge in [-0.3, -0.25) is 9.97 Å². The Balaban J connectivity index is 1.91. The fraction of sp³-hybridized carbons (Fsp3) is 0.167. The van der Waals surface area contributed by atoms with Crippen molar-refractivity contribution in [1.29, 1.82) is 0 Å². The third-order valence-corrected chi connectivity index (χ3v) is 3.91. The highest BCUT2D eigenvalue weighted by molar-refractivity contribution is 5.91. The monoisotopic (exact) mass is 418 g/mol. The molecular formula is C18H14N2O10. The van der Waals surface area contributed by atoms with E-state index in [0.29, 0.717) is 0 Å². The van der Waals surface area contributed by atoms with Crippen LogP contribution in [0.3, 0.4) is 0 Å². The largest absolute Gasteiger partial charge is 0.505 e. The standard InChI is InChI=1S/C18H14N2O10/c21-11-12(22)16(25)28-13(11)18(27,30-15(24)10-4-2-6-20-8-10)17(26)29-14(23)9-3-1-5-19-7-9/h1-8,13,17,21-22,26-27H/t13-,17?,18-/m0/s1. The van der Waals surface area contributed by atoms with E-state index in [9.17, 15) is 34.8 Å². The molecule has 0 amide bonds. The lowest BCUT2D eigenvalue weighted by molar-refractivity contribution is -0.317. The van der Waals surface area contributed by atoms with Crippen LogP contribution >= 0.6 is 0 Å². The van der Waals surface area contributed by atoms with E-state index in [4.69, 9.17) is 9.47 Å². The predicted molar refractivity (Wildman–Crippen MR) is 92.4 cm³/mol. The summed E-state index contributed by atoms with van der Waals surface area (Å²) < 4.78 is 14.1. The average Bonchev–Trinajstić information content (AvgIpc) is 3.02. The molecule has 0 bridgehead atoms. The SMILES string of the molecule is O=C1O[C@H]([C@](O)(OC(=O)c2cccnc2)C(O)OC(=O)c2cccnc2)C(O)=C1O. The molecule has 3 heterocycles. The fourth-order valence-electron chi connectivity index (χ4n) is 2.39. The first-order valence-corrected chi connectivity index (χ1v) is 8.22. The van der Waals surface area contributed by atoms with Gasteiger partial charge in [0, 0.05) is 24.8 Å². The van der Waals surface area contributed by atoms with Crippen LogP contribution in [0.5, 0.6) is 0 Å². The van der Waals surface area contributed by atoms with Gasteiger partial charge in [-0.1, -0.05) is 0 Å². The van der Waals surface area contributed by atoms with Crippen LogP contribution in [0.25, 0.3) is 0 Å². The van der Waals surface area contributed by atoms with Crippen molar-refractivity contribution >= 4 is 17.9 Å². The first kappa shape index (κ1) is 20.7. The number of aliphatic hydroxyl groups excluding tert-OH is 3. The minimum absolute atomic E-state index is 0.136. The van der Waals surface area contributed by atoms with Gasteiger partial charge in [0.2, 0.25) is 11.9 Å².